The highest BCUT2D eigenvalue weighted by Gasteiger charge is 2.32. The summed E-state index contributed by atoms with van der Waals surface area (Å²) in [5.74, 6) is 2.35. The second kappa shape index (κ2) is 6.70. The molecule has 2 aliphatic rings. The maximum Gasteiger partial charge on any atom is 0.127 e. The van der Waals surface area contributed by atoms with E-state index in [-0.39, 0.29) is 12.1 Å². The Morgan fingerprint density at radius 3 is 2.76 bits per heavy atom. The summed E-state index contributed by atoms with van der Waals surface area (Å²) in [6.07, 6.45) is 1.19. The van der Waals surface area contributed by atoms with Gasteiger partial charge in [0.15, 0.2) is 0 Å². The fourth-order valence-electron chi connectivity index (χ4n) is 4.15. The Hall–Kier alpha value is -2.04. The van der Waals surface area contributed by atoms with Crippen molar-refractivity contribution in [1.82, 2.24) is 4.90 Å². The van der Waals surface area contributed by atoms with Crippen molar-refractivity contribution < 1.29 is 9.47 Å². The maximum absolute atomic E-state index is 6.45. The number of rotatable bonds is 4. The SMILES string of the molecule is COc1cc2c(c(CN3C[C@@H](N)[C@H](c4ccccc4)C3)c1)OC(C)C2. The minimum absolute atomic E-state index is 0.167. The molecule has 1 fully saturated rings. The molecule has 4 heteroatoms. The van der Waals surface area contributed by atoms with Gasteiger partial charge in [-0.05, 0) is 24.6 Å². The Bertz CT molecular complexity index is 747. The summed E-state index contributed by atoms with van der Waals surface area (Å²) in [6, 6.07) is 15.0. The molecule has 0 saturated carbocycles. The summed E-state index contributed by atoms with van der Waals surface area (Å²) in [5.41, 5.74) is 10.2. The summed E-state index contributed by atoms with van der Waals surface area (Å²) in [6.45, 7) is 4.85. The third kappa shape index (κ3) is 3.24. The number of nitrogens with zero attached hydrogens (tertiary/aromatic N) is 1. The molecule has 4 nitrogen and oxygen atoms in total. The Labute approximate surface area is 149 Å². The number of benzene rings is 2. The minimum atomic E-state index is 0.167. The lowest BCUT2D eigenvalue weighted by molar-refractivity contribution is 0.246. The van der Waals surface area contributed by atoms with Crippen LogP contribution in [-0.2, 0) is 13.0 Å². The van der Waals surface area contributed by atoms with Gasteiger partial charge in [-0.25, -0.2) is 0 Å². The molecular weight excluding hydrogens is 312 g/mol. The van der Waals surface area contributed by atoms with E-state index < -0.39 is 0 Å². The van der Waals surface area contributed by atoms with Crippen LogP contribution in [0.5, 0.6) is 11.5 Å². The zero-order valence-electron chi connectivity index (χ0n) is 14.9. The van der Waals surface area contributed by atoms with Gasteiger partial charge in [-0.2, -0.15) is 0 Å². The maximum atomic E-state index is 6.45. The number of likely N-dealkylation sites (tertiary alicyclic amines) is 1. The molecule has 0 bridgehead atoms. The number of methoxy groups -OCH3 is 1. The molecule has 1 unspecified atom stereocenters. The fraction of sp³-hybridized carbons (Fsp3) is 0.429. The van der Waals surface area contributed by atoms with Gasteiger partial charge in [0.25, 0.3) is 0 Å². The topological polar surface area (TPSA) is 47.7 Å². The first-order chi connectivity index (χ1) is 12.1. The smallest absolute Gasteiger partial charge is 0.127 e. The van der Waals surface area contributed by atoms with Crippen LogP contribution in [0.4, 0.5) is 0 Å². The largest absolute Gasteiger partial charge is 0.497 e. The van der Waals surface area contributed by atoms with Gasteiger partial charge in [0, 0.05) is 49.1 Å². The van der Waals surface area contributed by atoms with Crippen LogP contribution in [0.15, 0.2) is 42.5 Å². The van der Waals surface area contributed by atoms with Crippen LogP contribution in [-0.4, -0.2) is 37.2 Å². The summed E-state index contributed by atoms with van der Waals surface area (Å²) in [7, 11) is 1.72. The van der Waals surface area contributed by atoms with Crippen molar-refractivity contribution in [3.63, 3.8) is 0 Å². The molecule has 2 aromatic rings. The number of hydrogen-bond donors (Lipinski definition) is 1. The third-order valence-electron chi connectivity index (χ3n) is 5.34. The van der Waals surface area contributed by atoms with Crippen LogP contribution < -0.4 is 15.2 Å². The zero-order chi connectivity index (χ0) is 17.4. The molecule has 0 aliphatic carbocycles. The lowest BCUT2D eigenvalue weighted by Crippen LogP contribution is -2.28. The average molecular weight is 338 g/mol. The molecule has 2 aromatic carbocycles. The summed E-state index contributed by atoms with van der Waals surface area (Å²) < 4.78 is 11.6. The highest BCUT2D eigenvalue weighted by molar-refractivity contribution is 5.50. The van der Waals surface area contributed by atoms with Gasteiger partial charge in [0.05, 0.1) is 7.11 Å². The zero-order valence-corrected chi connectivity index (χ0v) is 14.9. The van der Waals surface area contributed by atoms with Gasteiger partial charge >= 0.3 is 0 Å². The molecule has 0 amide bonds. The van der Waals surface area contributed by atoms with Crippen molar-refractivity contribution in [2.24, 2.45) is 5.73 Å². The first-order valence-corrected chi connectivity index (χ1v) is 9.03. The number of ether oxygens (including phenoxy) is 2. The molecular formula is C21H26N2O2. The van der Waals surface area contributed by atoms with Crippen molar-refractivity contribution in [1.29, 1.82) is 0 Å². The molecule has 0 radical (unpaired) electrons. The van der Waals surface area contributed by atoms with Gasteiger partial charge in [0.2, 0.25) is 0 Å². The van der Waals surface area contributed by atoms with Crippen LogP contribution in [0.1, 0.15) is 29.5 Å². The Kier molecular flexibility index (Phi) is 4.40. The van der Waals surface area contributed by atoms with E-state index in [9.17, 15) is 0 Å². The molecule has 25 heavy (non-hydrogen) atoms. The first kappa shape index (κ1) is 16.4. The minimum Gasteiger partial charge on any atom is -0.497 e. The van der Waals surface area contributed by atoms with E-state index in [0.717, 1.165) is 37.6 Å². The van der Waals surface area contributed by atoms with E-state index in [1.165, 1.54) is 16.7 Å². The number of hydrogen-bond acceptors (Lipinski definition) is 4. The predicted octanol–water partition coefficient (Wildman–Crippen LogP) is 2.95. The second-order valence-electron chi connectivity index (χ2n) is 7.28. The van der Waals surface area contributed by atoms with Crippen LogP contribution in [0.3, 0.4) is 0 Å². The normalized spacial score (nSPS) is 25.6. The van der Waals surface area contributed by atoms with Gasteiger partial charge < -0.3 is 15.2 Å². The van der Waals surface area contributed by atoms with Crippen LogP contribution in [0.25, 0.3) is 0 Å². The van der Waals surface area contributed by atoms with Crippen molar-refractivity contribution in [3.8, 4) is 11.5 Å². The van der Waals surface area contributed by atoms with Crippen molar-refractivity contribution >= 4 is 0 Å². The lowest BCUT2D eigenvalue weighted by atomic mass is 9.95. The Morgan fingerprint density at radius 1 is 1.20 bits per heavy atom. The molecule has 2 aliphatic heterocycles. The lowest BCUT2D eigenvalue weighted by Gasteiger charge is -2.19. The molecule has 0 aromatic heterocycles. The fourth-order valence-corrected chi connectivity index (χ4v) is 4.15. The number of nitrogens with two attached hydrogens (primary N) is 1. The predicted molar refractivity (Wildman–Crippen MR) is 99.2 cm³/mol. The van der Waals surface area contributed by atoms with Gasteiger partial charge in [-0.15, -0.1) is 0 Å². The molecule has 1 saturated heterocycles. The van der Waals surface area contributed by atoms with Crippen LogP contribution in [0.2, 0.25) is 0 Å². The van der Waals surface area contributed by atoms with Crippen molar-refractivity contribution in [3.05, 3.63) is 59.2 Å². The Morgan fingerprint density at radius 2 is 2.00 bits per heavy atom. The highest BCUT2D eigenvalue weighted by Crippen LogP contribution is 2.38. The Balaban J connectivity index is 1.55. The van der Waals surface area contributed by atoms with Crippen LogP contribution >= 0.6 is 0 Å². The summed E-state index contributed by atoms with van der Waals surface area (Å²) >= 11 is 0. The monoisotopic (exact) mass is 338 g/mol. The highest BCUT2D eigenvalue weighted by atomic mass is 16.5. The van der Waals surface area contributed by atoms with Gasteiger partial charge in [-0.3, -0.25) is 4.90 Å². The average Bonchev–Trinajstić information content (AvgIpc) is 3.17. The van der Waals surface area contributed by atoms with Crippen molar-refractivity contribution in [2.45, 2.75) is 38.0 Å². The van der Waals surface area contributed by atoms with Gasteiger partial charge in [0.1, 0.15) is 17.6 Å². The van der Waals surface area contributed by atoms with E-state index in [2.05, 4.69) is 54.3 Å². The molecule has 2 N–H and O–H groups in total. The van der Waals surface area contributed by atoms with E-state index in [1.807, 2.05) is 0 Å². The quantitative estimate of drug-likeness (QED) is 0.931. The van der Waals surface area contributed by atoms with Crippen LogP contribution in [0, 0.1) is 0 Å². The van der Waals surface area contributed by atoms with Crippen molar-refractivity contribution in [2.75, 3.05) is 20.2 Å². The molecule has 2 heterocycles. The molecule has 132 valence electrons. The molecule has 4 rings (SSSR count). The standard InChI is InChI=1S/C21H26N2O2/c1-14-8-16-9-18(24-2)10-17(21(16)25-14)11-23-12-19(20(22)13-23)15-6-4-3-5-7-15/h3-7,9-10,14,19-20H,8,11-13,22H2,1-2H3/t14?,19-,20+/m0/s1. The molecule has 0 spiro atoms. The first-order valence-electron chi connectivity index (χ1n) is 9.03. The second-order valence-corrected chi connectivity index (χ2v) is 7.28. The summed E-state index contributed by atoms with van der Waals surface area (Å²) in [4.78, 5) is 2.43. The number of fused-ring (bicyclic) bond motifs is 1. The van der Waals surface area contributed by atoms with E-state index in [4.69, 9.17) is 15.2 Å². The van der Waals surface area contributed by atoms with E-state index >= 15 is 0 Å². The summed E-state index contributed by atoms with van der Waals surface area (Å²) in [5, 5.41) is 0. The molecule has 3 atom stereocenters. The van der Waals surface area contributed by atoms with E-state index in [1.54, 1.807) is 7.11 Å². The van der Waals surface area contributed by atoms with E-state index in [0.29, 0.717) is 5.92 Å². The third-order valence-corrected chi connectivity index (χ3v) is 5.34. The van der Waals surface area contributed by atoms with Gasteiger partial charge in [-0.1, -0.05) is 30.3 Å².